The lowest BCUT2D eigenvalue weighted by Crippen LogP contribution is -2.16. The minimum atomic E-state index is -0.0765. The van der Waals surface area contributed by atoms with Crippen LogP contribution in [-0.2, 0) is 4.74 Å². The summed E-state index contributed by atoms with van der Waals surface area (Å²) in [5, 5.41) is 1.19. The van der Waals surface area contributed by atoms with E-state index in [1.807, 2.05) is 18.2 Å². The minimum Gasteiger partial charge on any atom is -0.383 e. The van der Waals surface area contributed by atoms with Crippen LogP contribution in [0.2, 0.25) is 0 Å². The fourth-order valence-electron chi connectivity index (χ4n) is 1.56. The third kappa shape index (κ3) is 1.64. The van der Waals surface area contributed by atoms with E-state index < -0.39 is 0 Å². The fraction of sp³-hybridized carbons (Fsp3) is 0.273. The number of aromatic nitrogens is 1. The SMILES string of the molecule is COC[C@@H](N)c1cc2ccccc2[nH]1. The number of ether oxygens (including phenoxy) is 1. The van der Waals surface area contributed by atoms with Gasteiger partial charge in [-0.15, -0.1) is 0 Å². The monoisotopic (exact) mass is 190 g/mol. The van der Waals surface area contributed by atoms with E-state index in [1.165, 1.54) is 5.39 Å². The third-order valence-electron chi connectivity index (χ3n) is 2.30. The van der Waals surface area contributed by atoms with E-state index >= 15 is 0 Å². The van der Waals surface area contributed by atoms with Crippen molar-refractivity contribution in [1.29, 1.82) is 0 Å². The van der Waals surface area contributed by atoms with E-state index in [2.05, 4.69) is 17.1 Å². The van der Waals surface area contributed by atoms with Gasteiger partial charge in [-0.25, -0.2) is 0 Å². The molecule has 0 fully saturated rings. The summed E-state index contributed by atoms with van der Waals surface area (Å²) in [6.07, 6.45) is 0. The van der Waals surface area contributed by atoms with Gasteiger partial charge in [0, 0.05) is 18.3 Å². The van der Waals surface area contributed by atoms with Gasteiger partial charge in [0.15, 0.2) is 0 Å². The van der Waals surface area contributed by atoms with E-state index in [-0.39, 0.29) is 6.04 Å². The summed E-state index contributed by atoms with van der Waals surface area (Å²) in [5.41, 5.74) is 8.05. The lowest BCUT2D eigenvalue weighted by atomic mass is 10.2. The molecule has 74 valence electrons. The highest BCUT2D eigenvalue weighted by Gasteiger charge is 2.08. The Hall–Kier alpha value is -1.32. The first-order chi connectivity index (χ1) is 6.81. The zero-order valence-electron chi connectivity index (χ0n) is 8.16. The summed E-state index contributed by atoms with van der Waals surface area (Å²) in [7, 11) is 1.66. The zero-order chi connectivity index (χ0) is 9.97. The van der Waals surface area contributed by atoms with Crippen LogP contribution in [0, 0.1) is 0 Å². The Morgan fingerprint density at radius 3 is 2.93 bits per heavy atom. The molecule has 1 atom stereocenters. The molecule has 3 heteroatoms. The molecule has 0 aliphatic carbocycles. The zero-order valence-corrected chi connectivity index (χ0v) is 8.16. The van der Waals surface area contributed by atoms with Gasteiger partial charge in [-0.1, -0.05) is 18.2 Å². The second-order valence-electron chi connectivity index (χ2n) is 3.37. The summed E-state index contributed by atoms with van der Waals surface area (Å²) >= 11 is 0. The van der Waals surface area contributed by atoms with Crippen molar-refractivity contribution in [3.05, 3.63) is 36.0 Å². The van der Waals surface area contributed by atoms with Gasteiger partial charge >= 0.3 is 0 Å². The molecule has 1 heterocycles. The predicted octanol–water partition coefficient (Wildman–Crippen LogP) is 1.81. The molecule has 14 heavy (non-hydrogen) atoms. The Kier molecular flexibility index (Phi) is 2.52. The van der Waals surface area contributed by atoms with E-state index in [4.69, 9.17) is 10.5 Å². The number of aromatic amines is 1. The maximum atomic E-state index is 5.91. The molecule has 3 nitrogen and oxygen atoms in total. The van der Waals surface area contributed by atoms with E-state index in [0.717, 1.165) is 11.2 Å². The largest absolute Gasteiger partial charge is 0.383 e. The Bertz CT molecular complexity index is 389. The Labute approximate surface area is 82.9 Å². The normalized spacial score (nSPS) is 13.3. The number of hydrogen-bond donors (Lipinski definition) is 2. The number of benzene rings is 1. The second kappa shape index (κ2) is 3.82. The quantitative estimate of drug-likeness (QED) is 0.775. The first-order valence-electron chi connectivity index (χ1n) is 4.63. The molecule has 0 aliphatic rings. The van der Waals surface area contributed by atoms with Gasteiger partial charge in [-0.3, -0.25) is 0 Å². The van der Waals surface area contributed by atoms with Gasteiger partial charge in [0.1, 0.15) is 0 Å². The molecule has 2 aromatic rings. The van der Waals surface area contributed by atoms with Crippen LogP contribution in [0.1, 0.15) is 11.7 Å². The third-order valence-corrected chi connectivity index (χ3v) is 2.30. The van der Waals surface area contributed by atoms with Gasteiger partial charge in [-0.2, -0.15) is 0 Å². The van der Waals surface area contributed by atoms with Crippen molar-refractivity contribution in [2.24, 2.45) is 5.73 Å². The number of H-pyrrole nitrogens is 1. The standard InChI is InChI=1S/C11H14N2O/c1-14-7-9(12)11-6-8-4-2-3-5-10(8)13-11/h2-6,9,13H,7,12H2,1H3/t9-/m1/s1. The number of hydrogen-bond acceptors (Lipinski definition) is 2. The summed E-state index contributed by atoms with van der Waals surface area (Å²) in [4.78, 5) is 3.28. The Morgan fingerprint density at radius 2 is 2.21 bits per heavy atom. The van der Waals surface area contributed by atoms with Gasteiger partial charge in [-0.05, 0) is 17.5 Å². The summed E-state index contributed by atoms with van der Waals surface area (Å²) in [5.74, 6) is 0. The molecule has 0 aliphatic heterocycles. The van der Waals surface area contributed by atoms with E-state index in [1.54, 1.807) is 7.11 Å². The van der Waals surface area contributed by atoms with Crippen LogP contribution in [0.25, 0.3) is 10.9 Å². The van der Waals surface area contributed by atoms with Crippen LogP contribution in [0.3, 0.4) is 0 Å². The van der Waals surface area contributed by atoms with Crippen LogP contribution >= 0.6 is 0 Å². The highest BCUT2D eigenvalue weighted by molar-refractivity contribution is 5.80. The number of nitrogens with one attached hydrogen (secondary N) is 1. The summed E-state index contributed by atoms with van der Waals surface area (Å²) < 4.78 is 5.01. The molecular formula is C11H14N2O. The fourth-order valence-corrected chi connectivity index (χ4v) is 1.56. The molecule has 0 radical (unpaired) electrons. The average molecular weight is 190 g/mol. The van der Waals surface area contributed by atoms with Crippen molar-refractivity contribution in [2.45, 2.75) is 6.04 Å². The first kappa shape index (κ1) is 9.24. The maximum Gasteiger partial charge on any atom is 0.0685 e. The van der Waals surface area contributed by atoms with Crippen molar-refractivity contribution < 1.29 is 4.74 Å². The number of rotatable bonds is 3. The van der Waals surface area contributed by atoms with Crippen LogP contribution in [0.4, 0.5) is 0 Å². The Balaban J connectivity index is 2.35. The number of methoxy groups -OCH3 is 1. The van der Waals surface area contributed by atoms with Gasteiger partial charge in [0.2, 0.25) is 0 Å². The second-order valence-corrected chi connectivity index (χ2v) is 3.37. The highest BCUT2D eigenvalue weighted by Crippen LogP contribution is 2.18. The molecule has 2 rings (SSSR count). The number of para-hydroxylation sites is 1. The number of nitrogens with two attached hydrogens (primary N) is 1. The molecule has 0 saturated carbocycles. The molecule has 1 aromatic heterocycles. The van der Waals surface area contributed by atoms with Crippen molar-refractivity contribution in [3.8, 4) is 0 Å². The lowest BCUT2D eigenvalue weighted by Gasteiger charge is -2.06. The van der Waals surface area contributed by atoms with Crippen LogP contribution in [0.5, 0.6) is 0 Å². The average Bonchev–Trinajstić information content (AvgIpc) is 2.61. The van der Waals surface area contributed by atoms with Crippen molar-refractivity contribution >= 4 is 10.9 Å². The van der Waals surface area contributed by atoms with Gasteiger partial charge in [0.05, 0.1) is 12.6 Å². The topological polar surface area (TPSA) is 51.0 Å². The summed E-state index contributed by atoms with van der Waals surface area (Å²) in [6, 6.07) is 10.1. The molecule has 0 saturated heterocycles. The van der Waals surface area contributed by atoms with E-state index in [9.17, 15) is 0 Å². The molecule has 0 spiro atoms. The summed E-state index contributed by atoms with van der Waals surface area (Å²) in [6.45, 7) is 0.535. The molecule has 0 amide bonds. The highest BCUT2D eigenvalue weighted by atomic mass is 16.5. The molecule has 0 bridgehead atoms. The van der Waals surface area contributed by atoms with Gasteiger partial charge < -0.3 is 15.5 Å². The first-order valence-corrected chi connectivity index (χ1v) is 4.63. The smallest absolute Gasteiger partial charge is 0.0685 e. The van der Waals surface area contributed by atoms with Crippen molar-refractivity contribution in [1.82, 2.24) is 4.98 Å². The molecule has 3 N–H and O–H groups in total. The molecule has 1 aromatic carbocycles. The van der Waals surface area contributed by atoms with Gasteiger partial charge in [0.25, 0.3) is 0 Å². The lowest BCUT2D eigenvalue weighted by molar-refractivity contribution is 0.180. The van der Waals surface area contributed by atoms with Crippen molar-refractivity contribution in [2.75, 3.05) is 13.7 Å². The molecule has 0 unspecified atom stereocenters. The maximum absolute atomic E-state index is 5.91. The van der Waals surface area contributed by atoms with Crippen LogP contribution < -0.4 is 5.73 Å². The van der Waals surface area contributed by atoms with Crippen molar-refractivity contribution in [3.63, 3.8) is 0 Å². The van der Waals surface area contributed by atoms with Crippen LogP contribution in [0.15, 0.2) is 30.3 Å². The minimum absolute atomic E-state index is 0.0765. The predicted molar refractivity (Wildman–Crippen MR) is 57.1 cm³/mol. The number of fused-ring (bicyclic) bond motifs is 1. The molecular weight excluding hydrogens is 176 g/mol. The van der Waals surface area contributed by atoms with E-state index in [0.29, 0.717) is 6.61 Å². The Morgan fingerprint density at radius 1 is 1.43 bits per heavy atom. The van der Waals surface area contributed by atoms with Crippen LogP contribution in [-0.4, -0.2) is 18.7 Å².